The Bertz CT molecular complexity index is 1250. The highest BCUT2D eigenvalue weighted by Crippen LogP contribution is 2.53. The topological polar surface area (TPSA) is 63.4 Å². The monoisotopic (exact) mass is 453 g/mol. The Hall–Kier alpha value is -3.23. The van der Waals surface area contributed by atoms with E-state index in [4.69, 9.17) is 0 Å². The van der Waals surface area contributed by atoms with Gasteiger partial charge in [0.25, 0.3) is 0 Å². The molecule has 9 heteroatoms. The second-order valence-electron chi connectivity index (χ2n) is 9.41. The quantitative estimate of drug-likeness (QED) is 0.586. The molecule has 7 rings (SSSR count). The fourth-order valence-electron chi connectivity index (χ4n) is 5.83. The van der Waals surface area contributed by atoms with Crippen LogP contribution in [0.5, 0.6) is 0 Å². The van der Waals surface area contributed by atoms with Crippen molar-refractivity contribution >= 4 is 23.0 Å². The molecule has 1 aromatic carbocycles. The van der Waals surface area contributed by atoms with E-state index >= 15 is 0 Å². The van der Waals surface area contributed by atoms with Crippen molar-refractivity contribution in [1.29, 1.82) is 0 Å². The van der Waals surface area contributed by atoms with Crippen LogP contribution in [-0.4, -0.2) is 31.9 Å². The first-order chi connectivity index (χ1) is 16.0. The zero-order valence-electron chi connectivity index (χ0n) is 17.7. The van der Waals surface area contributed by atoms with E-state index in [1.807, 2.05) is 0 Å². The van der Waals surface area contributed by atoms with Gasteiger partial charge in [0.1, 0.15) is 11.6 Å². The average Bonchev–Trinajstić information content (AvgIpc) is 3.40. The molecule has 2 aromatic heterocycles. The molecule has 0 saturated heterocycles. The maximum Gasteiger partial charge on any atom is 0.246 e. The van der Waals surface area contributed by atoms with Crippen LogP contribution in [0, 0.1) is 41.1 Å². The van der Waals surface area contributed by atoms with Crippen LogP contribution in [0.4, 0.5) is 13.2 Å². The maximum absolute atomic E-state index is 14.0. The number of hydrogen-bond donors (Lipinski definition) is 0. The largest absolute Gasteiger partial charge is 0.273 e. The van der Waals surface area contributed by atoms with E-state index < -0.39 is 23.5 Å². The molecule has 3 atom stereocenters. The highest BCUT2D eigenvalue weighted by molar-refractivity contribution is 5.82. The lowest BCUT2D eigenvalue weighted by atomic mass is 9.55. The summed E-state index contributed by atoms with van der Waals surface area (Å²) in [7, 11) is 0. The highest BCUT2D eigenvalue weighted by Gasteiger charge is 2.50. The normalized spacial score (nSPS) is 28.3. The zero-order chi connectivity index (χ0) is 22.7. The van der Waals surface area contributed by atoms with E-state index in [1.165, 1.54) is 29.5 Å². The van der Waals surface area contributed by atoms with Gasteiger partial charge in [-0.05, 0) is 54.7 Å². The van der Waals surface area contributed by atoms with Gasteiger partial charge in [0, 0.05) is 31.2 Å². The zero-order valence-corrected chi connectivity index (χ0v) is 17.7. The number of amides is 1. The summed E-state index contributed by atoms with van der Waals surface area (Å²) >= 11 is 0. The molecule has 6 nitrogen and oxygen atoms in total. The number of halogens is 3. The SMILES string of the molecule is O=C([C@H]1CC(Cn2ncc3c(F)cncc32)C2CC1C2)N1N=CCC1c1cc(F)cc(F)c1. The molecule has 0 spiro atoms. The van der Waals surface area contributed by atoms with Crippen LogP contribution < -0.4 is 0 Å². The van der Waals surface area contributed by atoms with E-state index in [0.29, 0.717) is 47.7 Å². The van der Waals surface area contributed by atoms with E-state index in [9.17, 15) is 18.0 Å². The van der Waals surface area contributed by atoms with Crippen molar-refractivity contribution in [3.05, 3.63) is 59.8 Å². The Labute approximate surface area is 188 Å². The summed E-state index contributed by atoms with van der Waals surface area (Å²) in [5, 5.41) is 10.5. The molecule has 1 amide bonds. The van der Waals surface area contributed by atoms with Crippen LogP contribution in [0.2, 0.25) is 0 Å². The minimum atomic E-state index is -0.666. The molecular formula is C24H22F3N5O. The Balaban J connectivity index is 1.22. The van der Waals surface area contributed by atoms with Crippen LogP contribution in [0.25, 0.3) is 10.9 Å². The van der Waals surface area contributed by atoms with Gasteiger partial charge in [-0.3, -0.25) is 14.5 Å². The van der Waals surface area contributed by atoms with Crippen molar-refractivity contribution in [2.45, 2.75) is 38.3 Å². The molecule has 3 fully saturated rings. The molecule has 33 heavy (non-hydrogen) atoms. The number of rotatable bonds is 4. The molecular weight excluding hydrogens is 431 g/mol. The first-order valence-corrected chi connectivity index (χ1v) is 11.2. The van der Waals surface area contributed by atoms with Gasteiger partial charge in [0.2, 0.25) is 5.91 Å². The molecule has 4 aliphatic rings. The van der Waals surface area contributed by atoms with Crippen molar-refractivity contribution in [3.8, 4) is 0 Å². The van der Waals surface area contributed by atoms with Gasteiger partial charge in [-0.1, -0.05) is 0 Å². The molecule has 0 N–H and O–H groups in total. The Morgan fingerprint density at radius 2 is 1.79 bits per heavy atom. The molecule has 1 aliphatic heterocycles. The number of fused-ring (bicyclic) bond motifs is 3. The number of carbonyl (C=O) groups is 1. The summed E-state index contributed by atoms with van der Waals surface area (Å²) < 4.78 is 43.3. The van der Waals surface area contributed by atoms with Crippen LogP contribution in [0.15, 0.2) is 41.9 Å². The van der Waals surface area contributed by atoms with Gasteiger partial charge >= 0.3 is 0 Å². The summed E-state index contributed by atoms with van der Waals surface area (Å²) in [6, 6.07) is 2.86. The predicted molar refractivity (Wildman–Crippen MR) is 114 cm³/mol. The third-order valence-corrected chi connectivity index (χ3v) is 7.58. The Kier molecular flexibility index (Phi) is 4.74. The number of carbonyl (C=O) groups excluding carboxylic acids is 1. The molecule has 3 aromatic rings. The fourth-order valence-corrected chi connectivity index (χ4v) is 5.83. The number of nitrogens with zero attached hydrogens (tertiary/aromatic N) is 5. The second-order valence-corrected chi connectivity index (χ2v) is 9.41. The van der Waals surface area contributed by atoms with Crippen LogP contribution in [0.3, 0.4) is 0 Å². The third kappa shape index (κ3) is 3.41. The van der Waals surface area contributed by atoms with E-state index in [0.717, 1.165) is 18.9 Å². The summed E-state index contributed by atoms with van der Waals surface area (Å²) in [6.45, 7) is 0.595. The lowest BCUT2D eigenvalue weighted by Gasteiger charge is -2.51. The molecule has 3 aliphatic carbocycles. The highest BCUT2D eigenvalue weighted by atomic mass is 19.1. The van der Waals surface area contributed by atoms with Crippen molar-refractivity contribution in [3.63, 3.8) is 0 Å². The molecule has 3 heterocycles. The Morgan fingerprint density at radius 3 is 2.58 bits per heavy atom. The summed E-state index contributed by atoms with van der Waals surface area (Å²) in [6.07, 6.45) is 8.98. The first-order valence-electron chi connectivity index (χ1n) is 11.2. The number of hydrazone groups is 1. The van der Waals surface area contributed by atoms with Crippen molar-refractivity contribution in [2.24, 2.45) is 28.8 Å². The van der Waals surface area contributed by atoms with E-state index in [1.54, 1.807) is 17.1 Å². The lowest BCUT2D eigenvalue weighted by Crippen LogP contribution is -2.49. The van der Waals surface area contributed by atoms with Crippen molar-refractivity contribution < 1.29 is 18.0 Å². The van der Waals surface area contributed by atoms with Crippen LogP contribution in [0.1, 0.15) is 37.3 Å². The molecule has 3 saturated carbocycles. The summed E-state index contributed by atoms with van der Waals surface area (Å²) in [4.78, 5) is 17.5. The number of pyridine rings is 1. The number of hydrogen-bond acceptors (Lipinski definition) is 4. The molecule has 2 unspecified atom stereocenters. The third-order valence-electron chi connectivity index (χ3n) is 7.58. The molecule has 170 valence electrons. The summed E-state index contributed by atoms with van der Waals surface area (Å²) in [5.74, 6) is -0.985. The fraction of sp³-hybridized carbons (Fsp3) is 0.417. The standard InChI is InChI=1S/C24H22F3N5O/c25-17-5-15(6-18(26)8-17)22-1-2-29-32(22)24(33)19-7-16(13-3-14(19)4-13)12-31-23-11-28-10-21(27)20(23)9-30-31/h2,5-6,8-11,13-14,16,19,22H,1,3-4,7,12H2/t13?,14?,16?,19-,22?/m0/s1. The summed E-state index contributed by atoms with van der Waals surface area (Å²) in [5.41, 5.74) is 1.06. The van der Waals surface area contributed by atoms with Gasteiger partial charge in [-0.25, -0.2) is 18.2 Å². The van der Waals surface area contributed by atoms with E-state index in [-0.39, 0.29) is 17.7 Å². The van der Waals surface area contributed by atoms with Crippen LogP contribution in [-0.2, 0) is 11.3 Å². The average molecular weight is 453 g/mol. The van der Waals surface area contributed by atoms with Crippen molar-refractivity contribution in [2.75, 3.05) is 0 Å². The lowest BCUT2D eigenvalue weighted by molar-refractivity contribution is -0.147. The minimum absolute atomic E-state index is 0.0930. The molecule has 2 bridgehead atoms. The number of aromatic nitrogens is 3. The van der Waals surface area contributed by atoms with Gasteiger partial charge < -0.3 is 0 Å². The van der Waals surface area contributed by atoms with Gasteiger partial charge in [-0.15, -0.1) is 0 Å². The first kappa shape index (κ1) is 20.4. The minimum Gasteiger partial charge on any atom is -0.273 e. The maximum atomic E-state index is 14.0. The predicted octanol–water partition coefficient (Wildman–Crippen LogP) is 4.47. The van der Waals surface area contributed by atoms with Crippen molar-refractivity contribution in [1.82, 2.24) is 19.8 Å². The number of benzene rings is 1. The molecule has 0 radical (unpaired) electrons. The Morgan fingerprint density at radius 1 is 1.00 bits per heavy atom. The second kappa shape index (κ2) is 7.67. The van der Waals surface area contributed by atoms with Gasteiger partial charge in [0.15, 0.2) is 5.82 Å². The van der Waals surface area contributed by atoms with Gasteiger partial charge in [0.05, 0.1) is 35.5 Å². The van der Waals surface area contributed by atoms with Gasteiger partial charge in [-0.2, -0.15) is 10.2 Å². The smallest absolute Gasteiger partial charge is 0.246 e. The van der Waals surface area contributed by atoms with E-state index in [2.05, 4.69) is 15.2 Å². The van der Waals surface area contributed by atoms with Crippen LogP contribution >= 0.6 is 0 Å².